The number of hydrogen-bond donors (Lipinski definition) is 2. The first-order valence-corrected chi connectivity index (χ1v) is 12.9. The molecular formula is C20H29BF2O2Si. The lowest BCUT2D eigenvalue weighted by Gasteiger charge is -2.21. The SMILES string of the molecule is CCCC[Si](C)(C)CCCCc1ccc2c(B(O)O)c(F)c(F)cc2c1. The zero-order chi connectivity index (χ0) is 19.3. The second-order valence-corrected chi connectivity index (χ2v) is 13.3. The summed E-state index contributed by atoms with van der Waals surface area (Å²) in [4.78, 5) is 0. The first-order valence-electron chi connectivity index (χ1n) is 9.52. The van der Waals surface area contributed by atoms with Gasteiger partial charge in [0.05, 0.1) is 0 Å². The molecule has 6 heteroatoms. The minimum Gasteiger partial charge on any atom is -0.423 e. The van der Waals surface area contributed by atoms with Crippen LogP contribution in [0.2, 0.25) is 25.2 Å². The second-order valence-electron chi connectivity index (χ2n) is 7.99. The lowest BCUT2D eigenvalue weighted by atomic mass is 9.76. The van der Waals surface area contributed by atoms with Crippen molar-refractivity contribution in [2.45, 2.75) is 64.2 Å². The van der Waals surface area contributed by atoms with Crippen molar-refractivity contribution < 1.29 is 18.8 Å². The maximum atomic E-state index is 13.8. The van der Waals surface area contributed by atoms with Crippen LogP contribution in [0.25, 0.3) is 10.8 Å². The van der Waals surface area contributed by atoms with Gasteiger partial charge in [-0.1, -0.05) is 69.6 Å². The molecule has 2 nitrogen and oxygen atoms in total. The van der Waals surface area contributed by atoms with Gasteiger partial charge in [-0.3, -0.25) is 0 Å². The van der Waals surface area contributed by atoms with Gasteiger partial charge >= 0.3 is 7.12 Å². The van der Waals surface area contributed by atoms with Crippen molar-refractivity contribution in [1.82, 2.24) is 0 Å². The van der Waals surface area contributed by atoms with Crippen molar-refractivity contribution in [3.8, 4) is 0 Å². The van der Waals surface area contributed by atoms with Crippen molar-refractivity contribution in [3.05, 3.63) is 41.5 Å². The van der Waals surface area contributed by atoms with Gasteiger partial charge in [-0.25, -0.2) is 8.78 Å². The molecule has 0 saturated heterocycles. The van der Waals surface area contributed by atoms with Crippen molar-refractivity contribution in [3.63, 3.8) is 0 Å². The number of benzene rings is 2. The van der Waals surface area contributed by atoms with E-state index >= 15 is 0 Å². The van der Waals surface area contributed by atoms with Gasteiger partial charge in [0.2, 0.25) is 0 Å². The van der Waals surface area contributed by atoms with Gasteiger partial charge in [0.25, 0.3) is 0 Å². The van der Waals surface area contributed by atoms with Gasteiger partial charge < -0.3 is 10.0 Å². The van der Waals surface area contributed by atoms with E-state index in [0.29, 0.717) is 10.8 Å². The monoisotopic (exact) mass is 378 g/mol. The highest BCUT2D eigenvalue weighted by Gasteiger charge is 2.23. The van der Waals surface area contributed by atoms with Gasteiger partial charge in [-0.05, 0) is 35.2 Å². The van der Waals surface area contributed by atoms with E-state index in [2.05, 4.69) is 20.0 Å². The fourth-order valence-corrected chi connectivity index (χ4v) is 6.31. The van der Waals surface area contributed by atoms with E-state index in [0.717, 1.165) is 24.5 Å². The smallest absolute Gasteiger partial charge is 0.423 e. The Morgan fingerprint density at radius 2 is 1.69 bits per heavy atom. The number of fused-ring (bicyclic) bond motifs is 1. The van der Waals surface area contributed by atoms with E-state index in [-0.39, 0.29) is 0 Å². The molecule has 0 aromatic heterocycles. The van der Waals surface area contributed by atoms with E-state index in [1.807, 2.05) is 12.1 Å². The molecule has 0 spiro atoms. The molecule has 0 fully saturated rings. The minimum absolute atomic E-state index is 0.343. The molecule has 0 saturated carbocycles. The summed E-state index contributed by atoms with van der Waals surface area (Å²) in [5.41, 5.74) is 0.671. The van der Waals surface area contributed by atoms with Gasteiger partial charge in [-0.15, -0.1) is 0 Å². The van der Waals surface area contributed by atoms with Crippen LogP contribution in [-0.2, 0) is 6.42 Å². The summed E-state index contributed by atoms with van der Waals surface area (Å²) < 4.78 is 27.6. The molecule has 142 valence electrons. The lowest BCUT2D eigenvalue weighted by Crippen LogP contribution is -2.34. The lowest BCUT2D eigenvalue weighted by molar-refractivity contribution is 0.421. The quantitative estimate of drug-likeness (QED) is 0.493. The molecule has 0 unspecified atom stereocenters. The maximum absolute atomic E-state index is 13.8. The number of unbranched alkanes of at least 4 members (excludes halogenated alkanes) is 2. The van der Waals surface area contributed by atoms with Crippen LogP contribution in [0.15, 0.2) is 24.3 Å². The molecule has 2 N–H and O–H groups in total. The Kier molecular flexibility index (Phi) is 7.38. The van der Waals surface area contributed by atoms with Crippen LogP contribution in [0.4, 0.5) is 8.78 Å². The summed E-state index contributed by atoms with van der Waals surface area (Å²) >= 11 is 0. The Balaban J connectivity index is 2.05. The molecule has 2 rings (SSSR count). The second kappa shape index (κ2) is 9.11. The van der Waals surface area contributed by atoms with Crippen LogP contribution in [-0.4, -0.2) is 25.2 Å². The molecule has 2 aromatic carbocycles. The molecule has 0 amide bonds. The van der Waals surface area contributed by atoms with Crippen LogP contribution in [0.3, 0.4) is 0 Å². The molecule has 2 aromatic rings. The van der Waals surface area contributed by atoms with Gasteiger partial charge in [0.15, 0.2) is 11.6 Å². The van der Waals surface area contributed by atoms with Crippen LogP contribution >= 0.6 is 0 Å². The highest BCUT2D eigenvalue weighted by atomic mass is 28.3. The average Bonchev–Trinajstić information content (AvgIpc) is 2.58. The van der Waals surface area contributed by atoms with E-state index in [1.54, 1.807) is 6.07 Å². The average molecular weight is 378 g/mol. The van der Waals surface area contributed by atoms with Crippen LogP contribution in [0.1, 0.15) is 38.2 Å². The predicted octanol–water partition coefficient (Wildman–Crippen LogP) is 4.63. The van der Waals surface area contributed by atoms with Crippen molar-refractivity contribution in [2.24, 2.45) is 0 Å². The Morgan fingerprint density at radius 3 is 2.35 bits per heavy atom. The largest absolute Gasteiger partial charge is 0.492 e. The number of halogens is 2. The highest BCUT2D eigenvalue weighted by Crippen LogP contribution is 2.23. The zero-order valence-corrected chi connectivity index (χ0v) is 17.0. The molecule has 0 radical (unpaired) electrons. The molecule has 0 aliphatic carbocycles. The van der Waals surface area contributed by atoms with E-state index < -0.39 is 32.3 Å². The first kappa shape index (κ1) is 21.1. The number of hydrogen-bond acceptors (Lipinski definition) is 2. The van der Waals surface area contributed by atoms with Crippen LogP contribution < -0.4 is 5.46 Å². The van der Waals surface area contributed by atoms with E-state index in [1.165, 1.54) is 31.4 Å². The van der Waals surface area contributed by atoms with Crippen molar-refractivity contribution in [1.29, 1.82) is 0 Å². The van der Waals surface area contributed by atoms with Gasteiger partial charge in [0.1, 0.15) is 0 Å². The molecule has 26 heavy (non-hydrogen) atoms. The summed E-state index contributed by atoms with van der Waals surface area (Å²) in [6.07, 6.45) is 5.75. The standard InChI is InChI=1S/C20H29BF2O2Si/c1-4-5-11-26(2,3)12-7-6-8-15-9-10-17-16(13-15)14-18(22)20(23)19(17)21(24)25/h9-10,13-14,24-25H,4-8,11-12H2,1-3H3. The van der Waals surface area contributed by atoms with Crippen LogP contribution in [0, 0.1) is 11.6 Å². The Hall–Kier alpha value is -1.24. The molecular weight excluding hydrogens is 349 g/mol. The van der Waals surface area contributed by atoms with Crippen molar-refractivity contribution in [2.75, 3.05) is 0 Å². The summed E-state index contributed by atoms with van der Waals surface area (Å²) in [7, 11) is -3.12. The molecule has 0 aliphatic heterocycles. The Morgan fingerprint density at radius 1 is 1.00 bits per heavy atom. The topological polar surface area (TPSA) is 40.5 Å². The molecule has 0 heterocycles. The fraction of sp³-hybridized carbons (Fsp3) is 0.500. The van der Waals surface area contributed by atoms with Gasteiger partial charge in [-0.2, -0.15) is 0 Å². The fourth-order valence-electron chi connectivity index (χ4n) is 3.54. The summed E-state index contributed by atoms with van der Waals surface area (Å²) in [6, 6.07) is 9.18. The molecule has 0 aliphatic rings. The van der Waals surface area contributed by atoms with Crippen LogP contribution in [0.5, 0.6) is 0 Å². The third-order valence-electron chi connectivity index (χ3n) is 5.17. The summed E-state index contributed by atoms with van der Waals surface area (Å²) in [5.74, 6) is -2.25. The van der Waals surface area contributed by atoms with E-state index in [4.69, 9.17) is 0 Å². The van der Waals surface area contributed by atoms with Gasteiger partial charge in [0, 0.05) is 13.5 Å². The Bertz CT molecular complexity index is 750. The molecule has 0 atom stereocenters. The maximum Gasteiger partial charge on any atom is 0.492 e. The minimum atomic E-state index is -2.03. The zero-order valence-electron chi connectivity index (χ0n) is 16.0. The molecule has 0 bridgehead atoms. The number of aryl methyl sites for hydroxylation is 1. The predicted molar refractivity (Wildman–Crippen MR) is 109 cm³/mol. The first-order chi connectivity index (χ1) is 12.2. The number of rotatable bonds is 9. The summed E-state index contributed by atoms with van der Waals surface area (Å²) in [5, 5.41) is 19.6. The van der Waals surface area contributed by atoms with Crippen molar-refractivity contribution >= 4 is 31.4 Å². The third kappa shape index (κ3) is 5.38. The third-order valence-corrected chi connectivity index (χ3v) is 8.58. The Labute approximate surface area is 156 Å². The van der Waals surface area contributed by atoms with E-state index in [9.17, 15) is 18.8 Å². The highest BCUT2D eigenvalue weighted by molar-refractivity contribution is 6.77. The summed E-state index contributed by atoms with van der Waals surface area (Å²) in [6.45, 7) is 7.15. The normalized spacial score (nSPS) is 12.0.